The summed E-state index contributed by atoms with van der Waals surface area (Å²) in [4.78, 5) is 22.2. The van der Waals surface area contributed by atoms with Crippen molar-refractivity contribution in [2.24, 2.45) is 0 Å². The SMILES string of the molecule is COc1ccc(C(=O)Nc2cc([N+](=O)[O-])ccc2F)cc1OC. The molecule has 0 aliphatic rings. The van der Waals surface area contributed by atoms with Crippen molar-refractivity contribution in [1.29, 1.82) is 0 Å². The summed E-state index contributed by atoms with van der Waals surface area (Å²) in [7, 11) is 2.87. The molecular formula is C15H13FN2O5. The van der Waals surface area contributed by atoms with E-state index in [0.717, 1.165) is 18.2 Å². The van der Waals surface area contributed by atoms with Gasteiger partial charge in [0.2, 0.25) is 0 Å². The molecule has 0 aliphatic heterocycles. The lowest BCUT2D eigenvalue weighted by Gasteiger charge is -2.10. The summed E-state index contributed by atoms with van der Waals surface area (Å²) in [6, 6.07) is 7.30. The molecule has 0 atom stereocenters. The number of hydrogen-bond acceptors (Lipinski definition) is 5. The van der Waals surface area contributed by atoms with E-state index in [1.165, 1.54) is 32.4 Å². The fraction of sp³-hybridized carbons (Fsp3) is 0.133. The van der Waals surface area contributed by atoms with Gasteiger partial charge in [0, 0.05) is 17.7 Å². The van der Waals surface area contributed by atoms with Gasteiger partial charge in [-0.1, -0.05) is 0 Å². The Bertz CT molecular complexity index is 764. The standard InChI is InChI=1S/C15H13FN2O5/c1-22-13-6-3-9(7-14(13)23-2)15(19)17-12-8-10(18(20)21)4-5-11(12)16/h3-8H,1-2H3,(H,17,19). The molecule has 1 N–H and O–H groups in total. The summed E-state index contributed by atoms with van der Waals surface area (Å²) >= 11 is 0. The number of benzene rings is 2. The summed E-state index contributed by atoms with van der Waals surface area (Å²) in [5.74, 6) is -0.639. The van der Waals surface area contributed by atoms with E-state index in [4.69, 9.17) is 9.47 Å². The van der Waals surface area contributed by atoms with Gasteiger partial charge >= 0.3 is 0 Å². The largest absolute Gasteiger partial charge is 0.493 e. The summed E-state index contributed by atoms with van der Waals surface area (Å²) in [6.07, 6.45) is 0. The smallest absolute Gasteiger partial charge is 0.271 e. The molecule has 0 saturated carbocycles. The number of nitrogens with zero attached hydrogens (tertiary/aromatic N) is 1. The number of carbonyl (C=O) groups is 1. The molecular weight excluding hydrogens is 307 g/mol. The van der Waals surface area contributed by atoms with E-state index < -0.39 is 16.6 Å². The van der Waals surface area contributed by atoms with E-state index >= 15 is 0 Å². The fourth-order valence-electron chi connectivity index (χ4n) is 1.89. The van der Waals surface area contributed by atoms with Crippen LogP contribution in [0.5, 0.6) is 11.5 Å². The first-order valence-electron chi connectivity index (χ1n) is 6.43. The third-order valence-corrected chi connectivity index (χ3v) is 3.05. The van der Waals surface area contributed by atoms with Crippen LogP contribution in [0.3, 0.4) is 0 Å². The number of nitro benzene ring substituents is 1. The minimum Gasteiger partial charge on any atom is -0.493 e. The van der Waals surface area contributed by atoms with E-state index in [9.17, 15) is 19.3 Å². The van der Waals surface area contributed by atoms with Crippen molar-refractivity contribution in [2.75, 3.05) is 19.5 Å². The number of anilines is 1. The summed E-state index contributed by atoms with van der Waals surface area (Å²) in [5.41, 5.74) is -0.415. The second-order valence-electron chi connectivity index (χ2n) is 4.45. The molecule has 0 radical (unpaired) electrons. The topological polar surface area (TPSA) is 90.7 Å². The fourth-order valence-corrected chi connectivity index (χ4v) is 1.89. The van der Waals surface area contributed by atoms with Gasteiger partial charge in [0.25, 0.3) is 11.6 Å². The zero-order valence-electron chi connectivity index (χ0n) is 12.3. The number of non-ortho nitro benzene ring substituents is 1. The third kappa shape index (κ3) is 3.54. The Hall–Kier alpha value is -3.16. The molecule has 0 saturated heterocycles. The summed E-state index contributed by atoms with van der Waals surface area (Å²) in [5, 5.41) is 13.0. The van der Waals surface area contributed by atoms with Crippen LogP contribution in [0.15, 0.2) is 36.4 Å². The van der Waals surface area contributed by atoms with E-state index in [1.807, 2.05) is 0 Å². The van der Waals surface area contributed by atoms with Crippen LogP contribution >= 0.6 is 0 Å². The third-order valence-electron chi connectivity index (χ3n) is 3.05. The molecule has 2 aromatic carbocycles. The maximum absolute atomic E-state index is 13.7. The molecule has 0 unspecified atom stereocenters. The van der Waals surface area contributed by atoms with E-state index in [0.29, 0.717) is 11.5 Å². The minimum atomic E-state index is -0.774. The maximum Gasteiger partial charge on any atom is 0.271 e. The molecule has 120 valence electrons. The Kier molecular flexibility index (Phi) is 4.75. The molecule has 0 spiro atoms. The van der Waals surface area contributed by atoms with Crippen LogP contribution in [0, 0.1) is 15.9 Å². The van der Waals surface area contributed by atoms with Crippen LogP contribution in [0.1, 0.15) is 10.4 Å². The Morgan fingerprint density at radius 2 is 1.83 bits per heavy atom. The van der Waals surface area contributed by atoms with Gasteiger partial charge in [-0.2, -0.15) is 0 Å². The van der Waals surface area contributed by atoms with Gasteiger partial charge in [-0.3, -0.25) is 14.9 Å². The zero-order valence-corrected chi connectivity index (χ0v) is 12.3. The molecule has 0 fully saturated rings. The number of rotatable bonds is 5. The van der Waals surface area contributed by atoms with Gasteiger partial charge < -0.3 is 14.8 Å². The minimum absolute atomic E-state index is 0.188. The number of hydrogen-bond donors (Lipinski definition) is 1. The van der Waals surface area contributed by atoms with Crippen molar-refractivity contribution < 1.29 is 23.6 Å². The average Bonchev–Trinajstić information content (AvgIpc) is 2.55. The molecule has 0 aromatic heterocycles. The van der Waals surface area contributed by atoms with Crippen LogP contribution in [0.2, 0.25) is 0 Å². The molecule has 0 bridgehead atoms. The van der Waals surface area contributed by atoms with Gasteiger partial charge in [-0.25, -0.2) is 4.39 Å². The highest BCUT2D eigenvalue weighted by atomic mass is 19.1. The predicted octanol–water partition coefficient (Wildman–Crippen LogP) is 3.00. The highest BCUT2D eigenvalue weighted by molar-refractivity contribution is 6.04. The van der Waals surface area contributed by atoms with Gasteiger partial charge in [-0.15, -0.1) is 0 Å². The maximum atomic E-state index is 13.7. The molecule has 0 heterocycles. The van der Waals surface area contributed by atoms with Crippen molar-refractivity contribution in [1.82, 2.24) is 0 Å². The average molecular weight is 320 g/mol. The second kappa shape index (κ2) is 6.73. The first kappa shape index (κ1) is 16.2. The first-order chi connectivity index (χ1) is 11.0. The second-order valence-corrected chi connectivity index (χ2v) is 4.45. The Morgan fingerprint density at radius 3 is 2.43 bits per heavy atom. The van der Waals surface area contributed by atoms with Crippen molar-refractivity contribution in [3.63, 3.8) is 0 Å². The van der Waals surface area contributed by atoms with Gasteiger partial charge in [-0.05, 0) is 24.3 Å². The van der Waals surface area contributed by atoms with Crippen molar-refractivity contribution in [3.8, 4) is 11.5 Å². The van der Waals surface area contributed by atoms with Crippen LogP contribution in [-0.4, -0.2) is 25.1 Å². The lowest BCUT2D eigenvalue weighted by atomic mass is 10.1. The van der Waals surface area contributed by atoms with Crippen LogP contribution in [-0.2, 0) is 0 Å². The molecule has 2 rings (SSSR count). The lowest BCUT2D eigenvalue weighted by molar-refractivity contribution is -0.384. The summed E-state index contributed by atoms with van der Waals surface area (Å²) in [6.45, 7) is 0. The molecule has 8 heteroatoms. The molecule has 2 aromatic rings. The number of methoxy groups -OCH3 is 2. The molecule has 0 aliphatic carbocycles. The molecule has 23 heavy (non-hydrogen) atoms. The molecule has 1 amide bonds. The Labute approximate surface area is 130 Å². The normalized spacial score (nSPS) is 10.0. The first-order valence-corrected chi connectivity index (χ1v) is 6.43. The van der Waals surface area contributed by atoms with Crippen LogP contribution in [0.4, 0.5) is 15.8 Å². The quantitative estimate of drug-likeness (QED) is 0.675. The predicted molar refractivity (Wildman–Crippen MR) is 80.6 cm³/mol. The van der Waals surface area contributed by atoms with Crippen LogP contribution in [0.25, 0.3) is 0 Å². The van der Waals surface area contributed by atoms with Crippen molar-refractivity contribution >= 4 is 17.3 Å². The van der Waals surface area contributed by atoms with E-state index in [1.54, 1.807) is 0 Å². The highest BCUT2D eigenvalue weighted by Gasteiger charge is 2.15. The number of nitro groups is 1. The number of ether oxygens (including phenoxy) is 2. The number of nitrogens with one attached hydrogen (secondary N) is 1. The zero-order chi connectivity index (χ0) is 17.0. The number of halogens is 1. The Balaban J connectivity index is 2.29. The lowest BCUT2D eigenvalue weighted by Crippen LogP contribution is -2.13. The number of amides is 1. The van der Waals surface area contributed by atoms with E-state index in [-0.39, 0.29) is 16.9 Å². The van der Waals surface area contributed by atoms with Crippen LogP contribution < -0.4 is 14.8 Å². The van der Waals surface area contributed by atoms with E-state index in [2.05, 4.69) is 5.32 Å². The van der Waals surface area contributed by atoms with Gasteiger partial charge in [0.1, 0.15) is 5.82 Å². The monoisotopic (exact) mass is 320 g/mol. The summed E-state index contributed by atoms with van der Waals surface area (Å²) < 4.78 is 23.8. The van der Waals surface area contributed by atoms with Crippen molar-refractivity contribution in [2.45, 2.75) is 0 Å². The van der Waals surface area contributed by atoms with Crippen molar-refractivity contribution in [3.05, 3.63) is 57.9 Å². The highest BCUT2D eigenvalue weighted by Crippen LogP contribution is 2.28. The number of carbonyl (C=O) groups excluding carboxylic acids is 1. The molecule has 7 nitrogen and oxygen atoms in total. The van der Waals surface area contributed by atoms with Gasteiger partial charge in [0.05, 0.1) is 24.8 Å². The Morgan fingerprint density at radius 1 is 1.13 bits per heavy atom. The van der Waals surface area contributed by atoms with Gasteiger partial charge in [0.15, 0.2) is 11.5 Å².